The van der Waals surface area contributed by atoms with Crippen LogP contribution in [-0.4, -0.2) is 14.5 Å². The molecule has 184 valence electrons. The van der Waals surface area contributed by atoms with Crippen molar-refractivity contribution in [2.24, 2.45) is 12.8 Å². The van der Waals surface area contributed by atoms with Gasteiger partial charge in [-0.1, -0.05) is 41.9 Å². The summed E-state index contributed by atoms with van der Waals surface area (Å²) in [6.07, 6.45) is 7.22. The molecule has 6 rings (SSSR count). The van der Waals surface area contributed by atoms with Gasteiger partial charge in [0, 0.05) is 45.0 Å². The van der Waals surface area contributed by atoms with E-state index in [-0.39, 0.29) is 0 Å². The van der Waals surface area contributed by atoms with Crippen LogP contribution >= 0.6 is 22.9 Å². The van der Waals surface area contributed by atoms with E-state index < -0.39 is 5.54 Å². The maximum Gasteiger partial charge on any atom is 0.118 e. The summed E-state index contributed by atoms with van der Waals surface area (Å²) in [7, 11) is 1.94. The monoisotopic (exact) mass is 531 g/mol. The van der Waals surface area contributed by atoms with E-state index >= 15 is 0 Å². The summed E-state index contributed by atoms with van der Waals surface area (Å²) < 4.78 is 3.06. The lowest BCUT2D eigenvalue weighted by Gasteiger charge is -2.29. The second kappa shape index (κ2) is 9.55. The van der Waals surface area contributed by atoms with Crippen LogP contribution in [0.5, 0.6) is 0 Å². The number of rotatable bonds is 5. The summed E-state index contributed by atoms with van der Waals surface area (Å²) in [6, 6.07) is 28.1. The van der Waals surface area contributed by atoms with Gasteiger partial charge in [0.1, 0.15) is 5.54 Å². The molecule has 2 N–H and O–H groups in total. The number of hydrogen-bond donors (Lipinski definition) is 1. The number of nitrogens with two attached hydrogens (primary N) is 1. The fourth-order valence-corrected chi connectivity index (χ4v) is 6.25. The van der Waals surface area contributed by atoms with Crippen LogP contribution in [0.4, 0.5) is 0 Å². The van der Waals surface area contributed by atoms with Crippen LogP contribution in [0.25, 0.3) is 32.3 Å². The first kappa shape index (κ1) is 24.1. The number of imidazole rings is 1. The van der Waals surface area contributed by atoms with E-state index in [0.717, 1.165) is 48.5 Å². The van der Waals surface area contributed by atoms with Gasteiger partial charge in [-0.3, -0.25) is 4.98 Å². The topological polar surface area (TPSA) is 80.5 Å². The molecule has 1 atom stereocenters. The van der Waals surface area contributed by atoms with Crippen molar-refractivity contribution in [3.05, 3.63) is 131 Å². The number of halogens is 1. The normalized spacial score (nSPS) is 12.8. The van der Waals surface area contributed by atoms with Gasteiger partial charge in [-0.05, 0) is 70.8 Å². The minimum Gasteiger partial charge on any atom is -0.335 e. The number of thiophene rings is 1. The molecule has 3 aromatic heterocycles. The number of benzene rings is 3. The maximum atomic E-state index is 9.34. The van der Waals surface area contributed by atoms with Crippen molar-refractivity contribution >= 4 is 33.0 Å². The number of hydrogen-bond acceptors (Lipinski definition) is 5. The molecule has 0 aliphatic carbocycles. The van der Waals surface area contributed by atoms with Crippen LogP contribution in [0.15, 0.2) is 104 Å². The molecule has 38 heavy (non-hydrogen) atoms. The Bertz CT molecular complexity index is 1800. The molecule has 0 fully saturated rings. The van der Waals surface area contributed by atoms with Crippen LogP contribution in [0, 0.1) is 11.3 Å². The molecule has 5 nitrogen and oxygen atoms in total. The van der Waals surface area contributed by atoms with Crippen molar-refractivity contribution in [2.45, 2.75) is 5.54 Å². The van der Waals surface area contributed by atoms with Crippen LogP contribution in [0.1, 0.15) is 21.7 Å². The van der Waals surface area contributed by atoms with Gasteiger partial charge in [0.2, 0.25) is 0 Å². The number of aromatic nitrogens is 3. The average Bonchev–Trinajstić information content (AvgIpc) is 3.60. The van der Waals surface area contributed by atoms with Gasteiger partial charge in [-0.25, -0.2) is 4.98 Å². The van der Waals surface area contributed by atoms with Crippen molar-refractivity contribution in [1.29, 1.82) is 5.26 Å². The SMILES string of the molecule is Cn1cncc1C(N)(c1ccc(C#N)cc1)c1cc2c(-c3ccc(Cl)cc3)cc(-c3cccnc3)cc2s1. The molecule has 3 aromatic carbocycles. The quantitative estimate of drug-likeness (QED) is 0.256. The zero-order chi connectivity index (χ0) is 26.3. The molecule has 7 heteroatoms. The lowest BCUT2D eigenvalue weighted by Crippen LogP contribution is -2.40. The Kier molecular flexibility index (Phi) is 6.05. The third-order valence-corrected chi connectivity index (χ3v) is 8.34. The molecule has 6 aromatic rings. The Morgan fingerprint density at radius 3 is 2.37 bits per heavy atom. The van der Waals surface area contributed by atoms with E-state index in [4.69, 9.17) is 17.3 Å². The van der Waals surface area contributed by atoms with E-state index in [2.05, 4.69) is 40.3 Å². The molecular formula is C31H22ClN5S. The van der Waals surface area contributed by atoms with Crippen molar-refractivity contribution < 1.29 is 0 Å². The van der Waals surface area contributed by atoms with Crippen molar-refractivity contribution in [1.82, 2.24) is 14.5 Å². The minimum absolute atomic E-state index is 0.587. The second-order valence-corrected chi connectivity index (χ2v) is 10.7. The van der Waals surface area contributed by atoms with Crippen molar-refractivity contribution in [3.63, 3.8) is 0 Å². The Morgan fingerprint density at radius 2 is 1.71 bits per heavy atom. The maximum absolute atomic E-state index is 9.34. The van der Waals surface area contributed by atoms with Crippen LogP contribution in [0.2, 0.25) is 5.02 Å². The van der Waals surface area contributed by atoms with E-state index in [1.54, 1.807) is 36.0 Å². The Hall–Kier alpha value is -4.28. The zero-order valence-electron chi connectivity index (χ0n) is 20.5. The number of aryl methyl sites for hydroxylation is 1. The van der Waals surface area contributed by atoms with E-state index in [9.17, 15) is 5.26 Å². The fraction of sp³-hybridized carbons (Fsp3) is 0.0645. The van der Waals surface area contributed by atoms with Gasteiger partial charge in [-0.15, -0.1) is 11.3 Å². The highest BCUT2D eigenvalue weighted by molar-refractivity contribution is 7.19. The molecule has 0 saturated heterocycles. The first-order valence-electron chi connectivity index (χ1n) is 12.0. The van der Waals surface area contributed by atoms with Gasteiger partial charge < -0.3 is 10.3 Å². The van der Waals surface area contributed by atoms with Crippen LogP contribution in [-0.2, 0) is 12.6 Å². The lowest BCUT2D eigenvalue weighted by molar-refractivity contribution is 0.607. The second-order valence-electron chi connectivity index (χ2n) is 9.18. The summed E-state index contributed by atoms with van der Waals surface area (Å²) >= 11 is 7.88. The van der Waals surface area contributed by atoms with Gasteiger partial charge in [0.15, 0.2) is 0 Å². The Morgan fingerprint density at radius 1 is 0.921 bits per heavy atom. The highest BCUT2D eigenvalue weighted by Gasteiger charge is 2.36. The Balaban J connectivity index is 1.63. The third kappa shape index (κ3) is 4.07. The predicted molar refractivity (Wildman–Crippen MR) is 154 cm³/mol. The Labute approximate surface area is 229 Å². The summed E-state index contributed by atoms with van der Waals surface area (Å²) in [6.45, 7) is 0. The molecule has 0 amide bonds. The first-order chi connectivity index (χ1) is 18.5. The molecule has 0 aliphatic heterocycles. The molecule has 0 radical (unpaired) electrons. The number of fused-ring (bicyclic) bond motifs is 1. The molecule has 0 saturated carbocycles. The van der Waals surface area contributed by atoms with Crippen molar-refractivity contribution in [2.75, 3.05) is 0 Å². The molecule has 0 bridgehead atoms. The van der Waals surface area contributed by atoms with Crippen LogP contribution < -0.4 is 5.73 Å². The van der Waals surface area contributed by atoms with Gasteiger partial charge in [-0.2, -0.15) is 5.26 Å². The highest BCUT2D eigenvalue weighted by Crippen LogP contribution is 2.44. The summed E-state index contributed by atoms with van der Waals surface area (Å²) in [5.41, 5.74) is 13.0. The molecule has 1 unspecified atom stereocenters. The fourth-order valence-electron chi connectivity index (χ4n) is 4.86. The average molecular weight is 532 g/mol. The molecule has 3 heterocycles. The zero-order valence-corrected chi connectivity index (χ0v) is 22.0. The molecule has 0 spiro atoms. The largest absolute Gasteiger partial charge is 0.335 e. The van der Waals surface area contributed by atoms with Crippen LogP contribution in [0.3, 0.4) is 0 Å². The van der Waals surface area contributed by atoms with Crippen molar-refractivity contribution in [3.8, 4) is 28.3 Å². The molecule has 0 aliphatic rings. The minimum atomic E-state index is -0.978. The first-order valence-corrected chi connectivity index (χ1v) is 13.2. The van der Waals surface area contributed by atoms with Gasteiger partial charge in [0.25, 0.3) is 0 Å². The lowest BCUT2D eigenvalue weighted by atomic mass is 9.85. The number of nitrogens with zero attached hydrogens (tertiary/aromatic N) is 4. The standard InChI is InChI=1S/C31H22ClN5S/c1-37-19-36-18-29(37)31(34,24-8-4-20(16-33)5-9-24)30-15-27-26(21-6-10-25(32)11-7-21)13-23(14-28(27)38-30)22-3-2-12-35-17-22/h2-15,17-19H,34H2,1H3. The number of pyridine rings is 1. The predicted octanol–water partition coefficient (Wildman–Crippen LogP) is 7.14. The summed E-state index contributed by atoms with van der Waals surface area (Å²) in [5, 5.41) is 11.1. The van der Waals surface area contributed by atoms with Gasteiger partial charge in [0.05, 0.1) is 29.9 Å². The third-order valence-electron chi connectivity index (χ3n) is 6.87. The van der Waals surface area contributed by atoms with Gasteiger partial charge >= 0.3 is 0 Å². The smallest absolute Gasteiger partial charge is 0.118 e. The van der Waals surface area contributed by atoms with E-state index in [1.807, 2.05) is 66.5 Å². The summed E-state index contributed by atoms with van der Waals surface area (Å²) in [5.74, 6) is 0. The highest BCUT2D eigenvalue weighted by atomic mass is 35.5. The van der Waals surface area contributed by atoms with E-state index in [1.165, 1.54) is 0 Å². The molecular weight excluding hydrogens is 510 g/mol. The number of nitriles is 1. The summed E-state index contributed by atoms with van der Waals surface area (Å²) in [4.78, 5) is 9.67. The van der Waals surface area contributed by atoms with E-state index in [0.29, 0.717) is 10.6 Å².